The minimum atomic E-state index is -0.379. The molecule has 2 aromatic carbocycles. The Balaban J connectivity index is 1.70. The van der Waals surface area contributed by atoms with E-state index in [-0.39, 0.29) is 29.2 Å². The summed E-state index contributed by atoms with van der Waals surface area (Å²) in [6, 6.07) is 11.1. The van der Waals surface area contributed by atoms with Crippen LogP contribution in [0, 0.1) is 0 Å². The number of hydrogen-bond acceptors (Lipinski definition) is 4. The molecule has 0 unspecified atom stereocenters. The third-order valence-electron chi connectivity index (χ3n) is 6.55. The van der Waals surface area contributed by atoms with E-state index >= 15 is 0 Å². The van der Waals surface area contributed by atoms with Gasteiger partial charge in [0.05, 0.1) is 18.2 Å². The number of fused-ring (bicyclic) bond motifs is 2. The van der Waals surface area contributed by atoms with Crippen LogP contribution >= 0.6 is 0 Å². The van der Waals surface area contributed by atoms with Gasteiger partial charge < -0.3 is 9.47 Å². The second-order valence-corrected chi connectivity index (χ2v) is 9.56. The molecule has 2 aromatic rings. The molecule has 156 valence electrons. The summed E-state index contributed by atoms with van der Waals surface area (Å²) in [5.41, 5.74) is 5.22. The minimum absolute atomic E-state index is 0.00951. The zero-order chi connectivity index (χ0) is 21.7. The molecule has 1 aliphatic heterocycles. The van der Waals surface area contributed by atoms with Crippen LogP contribution < -0.4 is 4.74 Å². The van der Waals surface area contributed by atoms with Crippen molar-refractivity contribution in [3.05, 3.63) is 69.8 Å². The molecule has 0 saturated carbocycles. The first-order valence-corrected chi connectivity index (χ1v) is 10.4. The van der Waals surface area contributed by atoms with Gasteiger partial charge in [-0.2, -0.15) is 0 Å². The monoisotopic (exact) mass is 404 g/mol. The third-order valence-corrected chi connectivity index (χ3v) is 6.55. The highest BCUT2D eigenvalue weighted by atomic mass is 16.5. The minimum Gasteiger partial charge on any atom is -0.488 e. The summed E-state index contributed by atoms with van der Waals surface area (Å²) < 4.78 is 10.8. The van der Waals surface area contributed by atoms with Crippen molar-refractivity contribution in [1.29, 1.82) is 0 Å². The van der Waals surface area contributed by atoms with E-state index in [1.165, 1.54) is 18.2 Å². The second-order valence-electron chi connectivity index (χ2n) is 9.56. The maximum atomic E-state index is 13.3. The molecule has 4 heteroatoms. The number of Topliss-reactive ketones (excluding diaryl/α,β-unsaturated/α-hetero) is 1. The van der Waals surface area contributed by atoms with Gasteiger partial charge in [-0.15, -0.1) is 0 Å². The molecule has 0 saturated heterocycles. The van der Waals surface area contributed by atoms with E-state index in [9.17, 15) is 9.59 Å². The van der Waals surface area contributed by atoms with Gasteiger partial charge in [0.25, 0.3) is 0 Å². The van der Waals surface area contributed by atoms with Crippen LogP contribution in [0.4, 0.5) is 0 Å². The van der Waals surface area contributed by atoms with Crippen molar-refractivity contribution in [2.75, 3.05) is 13.7 Å². The molecule has 30 heavy (non-hydrogen) atoms. The first kappa shape index (κ1) is 20.4. The Morgan fingerprint density at radius 2 is 1.60 bits per heavy atom. The highest BCUT2D eigenvalue weighted by molar-refractivity contribution is 6.14. The van der Waals surface area contributed by atoms with Gasteiger partial charge in [-0.1, -0.05) is 39.8 Å². The summed E-state index contributed by atoms with van der Waals surface area (Å²) in [4.78, 5) is 24.9. The predicted octanol–water partition coefficient (Wildman–Crippen LogP) is 5.48. The number of ketones is 1. The van der Waals surface area contributed by atoms with Crippen LogP contribution in [0.25, 0.3) is 6.08 Å². The summed E-state index contributed by atoms with van der Waals surface area (Å²) in [6.45, 7) is 9.28. The van der Waals surface area contributed by atoms with Gasteiger partial charge in [0, 0.05) is 5.57 Å². The topological polar surface area (TPSA) is 52.6 Å². The number of carbonyl (C=O) groups is 2. The third kappa shape index (κ3) is 3.45. The average Bonchev–Trinajstić information content (AvgIpc) is 2.73. The van der Waals surface area contributed by atoms with E-state index in [1.54, 1.807) is 24.3 Å². The van der Waals surface area contributed by atoms with E-state index < -0.39 is 0 Å². The summed E-state index contributed by atoms with van der Waals surface area (Å²) in [5, 5.41) is 0. The van der Waals surface area contributed by atoms with Crippen molar-refractivity contribution in [2.24, 2.45) is 0 Å². The Hall–Kier alpha value is -2.88. The van der Waals surface area contributed by atoms with Crippen LogP contribution in [0.3, 0.4) is 0 Å². The highest BCUT2D eigenvalue weighted by Crippen LogP contribution is 2.48. The van der Waals surface area contributed by atoms with Crippen LogP contribution in [0.1, 0.15) is 77.9 Å². The van der Waals surface area contributed by atoms with Crippen LogP contribution in [0.15, 0.2) is 42.0 Å². The fourth-order valence-corrected chi connectivity index (χ4v) is 4.43. The molecule has 4 rings (SSSR count). The Kier molecular flexibility index (Phi) is 4.84. The first-order valence-electron chi connectivity index (χ1n) is 10.4. The number of ether oxygens (including phenoxy) is 2. The lowest BCUT2D eigenvalue weighted by Gasteiger charge is -2.42. The molecule has 1 heterocycles. The smallest absolute Gasteiger partial charge is 0.337 e. The number of carbonyl (C=O) groups excluding carboxylic acids is 2. The molecule has 0 atom stereocenters. The van der Waals surface area contributed by atoms with Crippen molar-refractivity contribution < 1.29 is 19.1 Å². The molecule has 1 aliphatic carbocycles. The van der Waals surface area contributed by atoms with Crippen molar-refractivity contribution in [3.8, 4) is 5.75 Å². The van der Waals surface area contributed by atoms with Crippen molar-refractivity contribution in [3.63, 3.8) is 0 Å². The van der Waals surface area contributed by atoms with Gasteiger partial charge in [-0.25, -0.2) is 4.79 Å². The molecule has 0 spiro atoms. The van der Waals surface area contributed by atoms with Crippen molar-refractivity contribution >= 4 is 17.8 Å². The van der Waals surface area contributed by atoms with Crippen LogP contribution in [0.2, 0.25) is 0 Å². The molecule has 0 bridgehead atoms. The molecule has 0 amide bonds. The Morgan fingerprint density at radius 1 is 1.00 bits per heavy atom. The van der Waals surface area contributed by atoms with Gasteiger partial charge in [0.1, 0.15) is 12.4 Å². The molecule has 0 radical (unpaired) electrons. The number of esters is 1. The molecule has 0 fully saturated rings. The molecule has 4 nitrogen and oxygen atoms in total. The predicted molar refractivity (Wildman–Crippen MR) is 117 cm³/mol. The van der Waals surface area contributed by atoms with Crippen molar-refractivity contribution in [1.82, 2.24) is 0 Å². The summed E-state index contributed by atoms with van der Waals surface area (Å²) >= 11 is 0. The maximum absolute atomic E-state index is 13.3. The van der Waals surface area contributed by atoms with E-state index in [0.717, 1.165) is 18.4 Å². The molecule has 0 N–H and O–H groups in total. The number of rotatable bonds is 2. The van der Waals surface area contributed by atoms with Gasteiger partial charge in [0.2, 0.25) is 0 Å². The molecule has 0 aromatic heterocycles. The normalized spacial score (nSPS) is 20.2. The highest BCUT2D eigenvalue weighted by Gasteiger charge is 2.39. The van der Waals surface area contributed by atoms with Gasteiger partial charge >= 0.3 is 5.97 Å². The lowest BCUT2D eigenvalue weighted by Crippen LogP contribution is -2.34. The van der Waals surface area contributed by atoms with E-state index in [2.05, 4.69) is 39.8 Å². The van der Waals surface area contributed by atoms with E-state index in [1.807, 2.05) is 6.08 Å². The second kappa shape index (κ2) is 7.12. The summed E-state index contributed by atoms with van der Waals surface area (Å²) in [5.74, 6) is 0.313. The lowest BCUT2D eigenvalue weighted by molar-refractivity contribution is 0.0600. The fourth-order valence-electron chi connectivity index (χ4n) is 4.43. The SMILES string of the molecule is COC(=O)c1ccc(/C=C2\COc3cc4c(cc3C2=O)C(C)(C)CCC4(C)C)cc1. The zero-order valence-corrected chi connectivity index (χ0v) is 18.3. The van der Waals surface area contributed by atoms with E-state index in [0.29, 0.717) is 22.4 Å². The standard InChI is InChI=1S/C26H28O4/c1-25(2)10-11-26(3,4)21-14-22-19(13-20(21)25)23(27)18(15-30-22)12-16-6-8-17(9-7-16)24(28)29-5/h6-9,12-14H,10-11,15H2,1-5H3/b18-12+. The number of methoxy groups -OCH3 is 1. The quantitative estimate of drug-likeness (QED) is 0.491. The Labute approximate surface area is 177 Å². The van der Waals surface area contributed by atoms with Crippen molar-refractivity contribution in [2.45, 2.75) is 51.4 Å². The van der Waals surface area contributed by atoms with Crippen LogP contribution in [-0.2, 0) is 15.6 Å². The lowest BCUT2D eigenvalue weighted by atomic mass is 9.62. The summed E-state index contributed by atoms with van der Waals surface area (Å²) in [7, 11) is 1.36. The van der Waals surface area contributed by atoms with Gasteiger partial charge in [0.15, 0.2) is 5.78 Å². The van der Waals surface area contributed by atoms with Gasteiger partial charge in [-0.3, -0.25) is 4.79 Å². The zero-order valence-electron chi connectivity index (χ0n) is 18.3. The van der Waals surface area contributed by atoms with Crippen LogP contribution in [-0.4, -0.2) is 25.5 Å². The average molecular weight is 405 g/mol. The molecular formula is C26H28O4. The maximum Gasteiger partial charge on any atom is 0.337 e. The molecule has 2 aliphatic rings. The van der Waals surface area contributed by atoms with Crippen LogP contribution in [0.5, 0.6) is 5.75 Å². The first-order chi connectivity index (χ1) is 14.1. The Bertz CT molecular complexity index is 1060. The van der Waals surface area contributed by atoms with E-state index in [4.69, 9.17) is 9.47 Å². The summed E-state index contributed by atoms with van der Waals surface area (Å²) in [6.07, 6.45) is 4.05. The number of hydrogen-bond donors (Lipinski definition) is 0. The largest absolute Gasteiger partial charge is 0.488 e. The van der Waals surface area contributed by atoms with Gasteiger partial charge in [-0.05, 0) is 70.7 Å². The number of benzene rings is 2. The molecular weight excluding hydrogens is 376 g/mol. The Morgan fingerprint density at radius 3 is 2.20 bits per heavy atom. The fraction of sp³-hybridized carbons (Fsp3) is 0.385.